The summed E-state index contributed by atoms with van der Waals surface area (Å²) >= 11 is 0. The van der Waals surface area contributed by atoms with Crippen LogP contribution in [-0.2, 0) is 4.74 Å². The van der Waals surface area contributed by atoms with Gasteiger partial charge in [-0.1, -0.05) is 12.1 Å². The predicted molar refractivity (Wildman–Crippen MR) is 57.1 cm³/mol. The Bertz CT molecular complexity index is 399. The van der Waals surface area contributed by atoms with Gasteiger partial charge in [-0.3, -0.25) is 9.59 Å². The SMILES string of the molecule is COCC(=O)c1c(N)cccc1C(C)=O. The molecule has 4 heteroatoms. The summed E-state index contributed by atoms with van der Waals surface area (Å²) in [6, 6.07) is 4.83. The van der Waals surface area contributed by atoms with Gasteiger partial charge in [0.2, 0.25) is 0 Å². The van der Waals surface area contributed by atoms with E-state index in [0.29, 0.717) is 11.3 Å². The lowest BCUT2D eigenvalue weighted by Gasteiger charge is -2.08. The van der Waals surface area contributed by atoms with Crippen LogP contribution >= 0.6 is 0 Å². The van der Waals surface area contributed by atoms with E-state index in [1.165, 1.54) is 14.0 Å². The number of hydrogen-bond acceptors (Lipinski definition) is 4. The molecule has 0 aliphatic carbocycles. The molecule has 0 bridgehead atoms. The van der Waals surface area contributed by atoms with E-state index in [1.54, 1.807) is 18.2 Å². The molecule has 0 aliphatic rings. The third-order valence-electron chi connectivity index (χ3n) is 2.03. The van der Waals surface area contributed by atoms with Crippen LogP contribution in [0.2, 0.25) is 0 Å². The third kappa shape index (κ3) is 2.41. The topological polar surface area (TPSA) is 69.4 Å². The van der Waals surface area contributed by atoms with Crippen LogP contribution in [0.15, 0.2) is 18.2 Å². The van der Waals surface area contributed by atoms with Gasteiger partial charge in [0.1, 0.15) is 6.61 Å². The lowest BCUT2D eigenvalue weighted by atomic mass is 9.99. The molecular formula is C11H13NO3. The van der Waals surface area contributed by atoms with Gasteiger partial charge in [-0.2, -0.15) is 0 Å². The van der Waals surface area contributed by atoms with Crippen molar-refractivity contribution in [2.24, 2.45) is 0 Å². The summed E-state index contributed by atoms with van der Waals surface area (Å²) in [5.74, 6) is -0.456. The van der Waals surface area contributed by atoms with Crippen LogP contribution in [0.1, 0.15) is 27.6 Å². The number of carbonyl (C=O) groups excluding carboxylic acids is 2. The van der Waals surface area contributed by atoms with Gasteiger partial charge in [0.15, 0.2) is 11.6 Å². The Kier molecular flexibility index (Phi) is 3.57. The highest BCUT2D eigenvalue weighted by molar-refractivity contribution is 6.11. The van der Waals surface area contributed by atoms with Crippen LogP contribution in [0.4, 0.5) is 5.69 Å². The van der Waals surface area contributed by atoms with E-state index in [9.17, 15) is 9.59 Å². The lowest BCUT2D eigenvalue weighted by Crippen LogP contribution is -2.14. The van der Waals surface area contributed by atoms with Crippen LogP contribution in [0.3, 0.4) is 0 Å². The molecule has 80 valence electrons. The molecule has 0 radical (unpaired) electrons. The molecule has 0 unspecified atom stereocenters. The first-order valence-electron chi connectivity index (χ1n) is 4.49. The second-order valence-electron chi connectivity index (χ2n) is 3.18. The Morgan fingerprint density at radius 3 is 2.60 bits per heavy atom. The number of ether oxygens (including phenoxy) is 1. The summed E-state index contributed by atoms with van der Waals surface area (Å²) in [5, 5.41) is 0. The van der Waals surface area contributed by atoms with E-state index >= 15 is 0 Å². The molecule has 0 aromatic heterocycles. The van der Waals surface area contributed by atoms with E-state index in [1.807, 2.05) is 0 Å². The van der Waals surface area contributed by atoms with Gasteiger partial charge in [-0.25, -0.2) is 0 Å². The first-order valence-corrected chi connectivity index (χ1v) is 4.49. The molecular weight excluding hydrogens is 194 g/mol. The molecule has 0 saturated heterocycles. The molecule has 0 amide bonds. The maximum Gasteiger partial charge on any atom is 0.191 e. The van der Waals surface area contributed by atoms with Crippen molar-refractivity contribution in [3.63, 3.8) is 0 Å². The van der Waals surface area contributed by atoms with Crippen LogP contribution in [0.25, 0.3) is 0 Å². The molecule has 15 heavy (non-hydrogen) atoms. The number of ketones is 2. The minimum absolute atomic E-state index is 0.0749. The first-order chi connectivity index (χ1) is 7.07. The number of Topliss-reactive ketones (excluding diaryl/α,β-unsaturated/α-hetero) is 2. The number of hydrogen-bond donors (Lipinski definition) is 1. The standard InChI is InChI=1S/C11H13NO3/c1-7(13)8-4-3-5-9(12)11(8)10(14)6-15-2/h3-5H,6,12H2,1-2H3. The maximum atomic E-state index is 11.6. The zero-order chi connectivity index (χ0) is 11.4. The number of methoxy groups -OCH3 is 1. The summed E-state index contributed by atoms with van der Waals surface area (Å²) in [7, 11) is 1.42. The highest BCUT2D eigenvalue weighted by Crippen LogP contribution is 2.18. The number of nitrogen functional groups attached to an aromatic ring is 1. The Morgan fingerprint density at radius 1 is 1.40 bits per heavy atom. The Balaban J connectivity index is 3.24. The Morgan fingerprint density at radius 2 is 2.07 bits per heavy atom. The number of nitrogens with two attached hydrogens (primary N) is 1. The minimum Gasteiger partial charge on any atom is -0.398 e. The largest absolute Gasteiger partial charge is 0.398 e. The van der Waals surface area contributed by atoms with E-state index in [2.05, 4.69) is 0 Å². The summed E-state index contributed by atoms with van der Waals surface area (Å²) in [6.07, 6.45) is 0. The second-order valence-corrected chi connectivity index (χ2v) is 3.18. The van der Waals surface area contributed by atoms with Crippen LogP contribution < -0.4 is 5.73 Å². The van der Waals surface area contributed by atoms with E-state index < -0.39 is 0 Å². The molecule has 0 fully saturated rings. The highest BCUT2D eigenvalue weighted by atomic mass is 16.5. The molecule has 0 spiro atoms. The highest BCUT2D eigenvalue weighted by Gasteiger charge is 2.16. The number of anilines is 1. The van der Waals surface area contributed by atoms with Gasteiger partial charge in [0, 0.05) is 18.4 Å². The molecule has 1 rings (SSSR count). The molecule has 1 aromatic rings. The molecule has 0 saturated carbocycles. The van der Waals surface area contributed by atoms with Gasteiger partial charge in [0.25, 0.3) is 0 Å². The monoisotopic (exact) mass is 207 g/mol. The van der Waals surface area contributed by atoms with Crippen molar-refractivity contribution in [3.8, 4) is 0 Å². The summed E-state index contributed by atoms with van der Waals surface area (Å²) in [6.45, 7) is 1.33. The zero-order valence-corrected chi connectivity index (χ0v) is 8.74. The predicted octanol–water partition coefficient (Wildman–Crippen LogP) is 1.30. The Hall–Kier alpha value is -1.68. The van der Waals surface area contributed by atoms with Gasteiger partial charge in [-0.05, 0) is 13.0 Å². The van der Waals surface area contributed by atoms with Crippen molar-refractivity contribution in [1.29, 1.82) is 0 Å². The number of carbonyl (C=O) groups is 2. The van der Waals surface area contributed by atoms with Crippen molar-refractivity contribution in [2.45, 2.75) is 6.92 Å². The molecule has 4 nitrogen and oxygen atoms in total. The molecule has 0 atom stereocenters. The van der Waals surface area contributed by atoms with Crippen LogP contribution in [0, 0.1) is 0 Å². The number of rotatable bonds is 4. The van der Waals surface area contributed by atoms with E-state index in [4.69, 9.17) is 10.5 Å². The van der Waals surface area contributed by atoms with Gasteiger partial charge >= 0.3 is 0 Å². The van der Waals surface area contributed by atoms with Crippen molar-refractivity contribution in [2.75, 3.05) is 19.5 Å². The van der Waals surface area contributed by atoms with Crippen LogP contribution in [-0.4, -0.2) is 25.3 Å². The fraction of sp³-hybridized carbons (Fsp3) is 0.273. The van der Waals surface area contributed by atoms with E-state index in [0.717, 1.165) is 0 Å². The summed E-state index contributed by atoms with van der Waals surface area (Å²) in [5.41, 5.74) is 6.57. The molecule has 2 N–H and O–H groups in total. The smallest absolute Gasteiger partial charge is 0.191 e. The summed E-state index contributed by atoms with van der Waals surface area (Å²) < 4.78 is 4.73. The Labute approximate surface area is 88.0 Å². The lowest BCUT2D eigenvalue weighted by molar-refractivity contribution is 0.0842. The fourth-order valence-electron chi connectivity index (χ4n) is 1.38. The van der Waals surface area contributed by atoms with E-state index in [-0.39, 0.29) is 23.7 Å². The quantitative estimate of drug-likeness (QED) is 0.596. The second kappa shape index (κ2) is 4.70. The number of benzene rings is 1. The first kappa shape index (κ1) is 11.4. The van der Waals surface area contributed by atoms with Crippen molar-refractivity contribution in [3.05, 3.63) is 29.3 Å². The molecule has 0 heterocycles. The molecule has 0 aliphatic heterocycles. The van der Waals surface area contributed by atoms with Crippen molar-refractivity contribution < 1.29 is 14.3 Å². The fourth-order valence-corrected chi connectivity index (χ4v) is 1.38. The van der Waals surface area contributed by atoms with Crippen molar-refractivity contribution >= 4 is 17.3 Å². The normalized spacial score (nSPS) is 10.0. The van der Waals surface area contributed by atoms with Crippen LogP contribution in [0.5, 0.6) is 0 Å². The molecule has 1 aromatic carbocycles. The zero-order valence-electron chi connectivity index (χ0n) is 8.74. The van der Waals surface area contributed by atoms with Crippen molar-refractivity contribution in [1.82, 2.24) is 0 Å². The van der Waals surface area contributed by atoms with Gasteiger partial charge < -0.3 is 10.5 Å². The minimum atomic E-state index is -0.277. The maximum absolute atomic E-state index is 11.6. The van der Waals surface area contributed by atoms with Gasteiger partial charge in [-0.15, -0.1) is 0 Å². The average Bonchev–Trinajstić information content (AvgIpc) is 2.17. The average molecular weight is 207 g/mol. The summed E-state index contributed by atoms with van der Waals surface area (Å²) in [4.78, 5) is 22.9. The van der Waals surface area contributed by atoms with Gasteiger partial charge in [0.05, 0.1) is 5.56 Å². The third-order valence-corrected chi connectivity index (χ3v) is 2.03.